The van der Waals surface area contributed by atoms with Gasteiger partial charge in [0.2, 0.25) is 0 Å². The van der Waals surface area contributed by atoms with E-state index in [1.165, 1.54) is 38.5 Å². The van der Waals surface area contributed by atoms with E-state index in [1.807, 2.05) is 0 Å². The zero-order chi connectivity index (χ0) is 20.3. The third kappa shape index (κ3) is 3.81. The summed E-state index contributed by atoms with van der Waals surface area (Å²) >= 11 is 0. The van der Waals surface area contributed by atoms with E-state index in [-0.39, 0.29) is 0 Å². The van der Waals surface area contributed by atoms with Gasteiger partial charge in [-0.3, -0.25) is 4.90 Å². The molecule has 4 aromatic rings. The van der Waals surface area contributed by atoms with Gasteiger partial charge in [0.15, 0.2) is 0 Å². The average Bonchev–Trinajstić information content (AvgIpc) is 3.20. The Morgan fingerprint density at radius 2 is 1.67 bits per heavy atom. The summed E-state index contributed by atoms with van der Waals surface area (Å²) in [4.78, 5) is 8.51. The fourth-order valence-electron chi connectivity index (χ4n) is 4.73. The summed E-state index contributed by atoms with van der Waals surface area (Å²) < 4.78 is 0. The van der Waals surface area contributed by atoms with Gasteiger partial charge in [0, 0.05) is 60.9 Å². The van der Waals surface area contributed by atoms with Gasteiger partial charge in [0.25, 0.3) is 0 Å². The zero-order valence-electron chi connectivity index (χ0n) is 17.5. The van der Waals surface area contributed by atoms with E-state index in [2.05, 4.69) is 81.6 Å². The number of H-pyrrole nitrogens is 1. The van der Waals surface area contributed by atoms with Crippen molar-refractivity contribution >= 4 is 27.4 Å². The minimum Gasteiger partial charge on any atom is -0.368 e. The molecule has 0 radical (unpaired) electrons. The van der Waals surface area contributed by atoms with Crippen LogP contribution in [0.3, 0.4) is 0 Å². The molecule has 30 heavy (non-hydrogen) atoms. The highest BCUT2D eigenvalue weighted by Crippen LogP contribution is 2.27. The summed E-state index contributed by atoms with van der Waals surface area (Å²) in [5.74, 6) is 0. The molecule has 1 fully saturated rings. The maximum absolute atomic E-state index is 5.76. The van der Waals surface area contributed by atoms with Crippen LogP contribution < -0.4 is 10.6 Å². The molecule has 4 heteroatoms. The quantitative estimate of drug-likeness (QED) is 0.512. The van der Waals surface area contributed by atoms with E-state index in [0.29, 0.717) is 6.54 Å². The third-order valence-electron chi connectivity index (χ3n) is 6.44. The predicted molar refractivity (Wildman–Crippen MR) is 127 cm³/mol. The Bertz CT molecular complexity index is 1130. The number of fused-ring (bicyclic) bond motifs is 2. The van der Waals surface area contributed by atoms with Crippen molar-refractivity contribution in [1.82, 2.24) is 9.88 Å². The molecule has 154 valence electrons. The maximum Gasteiger partial charge on any atom is 0.0456 e. The van der Waals surface area contributed by atoms with E-state index >= 15 is 0 Å². The molecular formula is C26H30N4. The minimum absolute atomic E-state index is 0.693. The monoisotopic (exact) mass is 398 g/mol. The Balaban J connectivity index is 1.21. The number of anilines is 1. The summed E-state index contributed by atoms with van der Waals surface area (Å²) in [6.45, 7) is 6.22. The van der Waals surface area contributed by atoms with Gasteiger partial charge in [-0.1, -0.05) is 42.5 Å². The maximum atomic E-state index is 5.76. The van der Waals surface area contributed by atoms with Crippen molar-refractivity contribution in [1.29, 1.82) is 0 Å². The van der Waals surface area contributed by atoms with Crippen molar-refractivity contribution in [3.63, 3.8) is 0 Å². The number of nitrogens with zero attached hydrogens (tertiary/aromatic N) is 2. The molecule has 5 rings (SSSR count). The number of nitrogens with one attached hydrogen (secondary N) is 1. The molecule has 0 spiro atoms. The number of rotatable bonds is 6. The molecule has 0 aliphatic carbocycles. The molecule has 1 aromatic heterocycles. The second kappa shape index (κ2) is 8.50. The van der Waals surface area contributed by atoms with E-state index in [0.717, 1.165) is 45.6 Å². The topological polar surface area (TPSA) is 48.3 Å². The lowest BCUT2D eigenvalue weighted by Gasteiger charge is -2.36. The molecule has 2 heterocycles. The van der Waals surface area contributed by atoms with Crippen LogP contribution in [0, 0.1) is 0 Å². The molecule has 0 bridgehead atoms. The molecule has 0 saturated carbocycles. The SMILES string of the molecule is NCCc1c[nH]c2ccc(CCN3CCN(c4cccc5ccccc45)CC3)cc12. The lowest BCUT2D eigenvalue weighted by atomic mass is 10.0. The first-order chi connectivity index (χ1) is 14.8. The first kappa shape index (κ1) is 19.2. The fourth-order valence-corrected chi connectivity index (χ4v) is 4.73. The number of aromatic amines is 1. The van der Waals surface area contributed by atoms with Crippen LogP contribution in [0.5, 0.6) is 0 Å². The molecule has 1 aliphatic heterocycles. The largest absolute Gasteiger partial charge is 0.368 e. The first-order valence-corrected chi connectivity index (χ1v) is 11.1. The number of piperazine rings is 1. The summed E-state index contributed by atoms with van der Waals surface area (Å²) in [5.41, 5.74) is 11.1. The Labute approximate surface area is 178 Å². The van der Waals surface area contributed by atoms with E-state index < -0.39 is 0 Å². The van der Waals surface area contributed by atoms with Crippen molar-refractivity contribution in [2.24, 2.45) is 5.73 Å². The minimum atomic E-state index is 0.693. The molecule has 4 nitrogen and oxygen atoms in total. The van der Waals surface area contributed by atoms with Gasteiger partial charge in [-0.25, -0.2) is 0 Å². The normalized spacial score (nSPS) is 15.3. The first-order valence-electron chi connectivity index (χ1n) is 11.1. The van der Waals surface area contributed by atoms with Crippen molar-refractivity contribution < 1.29 is 0 Å². The molecular weight excluding hydrogens is 368 g/mol. The third-order valence-corrected chi connectivity index (χ3v) is 6.44. The lowest BCUT2D eigenvalue weighted by molar-refractivity contribution is 0.261. The van der Waals surface area contributed by atoms with Crippen LogP contribution >= 0.6 is 0 Å². The Kier molecular flexibility index (Phi) is 5.43. The van der Waals surface area contributed by atoms with Gasteiger partial charge < -0.3 is 15.6 Å². The lowest BCUT2D eigenvalue weighted by Crippen LogP contribution is -2.47. The van der Waals surface area contributed by atoms with E-state index in [1.54, 1.807) is 0 Å². The van der Waals surface area contributed by atoms with Gasteiger partial charge in [-0.15, -0.1) is 0 Å². The Hall–Kier alpha value is -2.82. The average molecular weight is 399 g/mol. The molecule has 0 amide bonds. The molecule has 0 atom stereocenters. The van der Waals surface area contributed by atoms with Crippen molar-refractivity contribution in [3.05, 3.63) is 78.0 Å². The van der Waals surface area contributed by atoms with Gasteiger partial charge in [0.1, 0.15) is 0 Å². The van der Waals surface area contributed by atoms with Crippen LogP contribution in [0.4, 0.5) is 5.69 Å². The summed E-state index contributed by atoms with van der Waals surface area (Å²) in [6, 6.07) is 22.2. The highest BCUT2D eigenvalue weighted by molar-refractivity contribution is 5.94. The van der Waals surface area contributed by atoms with Gasteiger partial charge >= 0.3 is 0 Å². The van der Waals surface area contributed by atoms with Gasteiger partial charge in [-0.05, 0) is 54.1 Å². The van der Waals surface area contributed by atoms with Crippen LogP contribution in [-0.4, -0.2) is 49.2 Å². The number of nitrogens with two attached hydrogens (primary N) is 1. The second-order valence-corrected chi connectivity index (χ2v) is 8.31. The van der Waals surface area contributed by atoms with Crippen LogP contribution in [0.25, 0.3) is 21.7 Å². The van der Waals surface area contributed by atoms with Crippen molar-refractivity contribution in [3.8, 4) is 0 Å². The van der Waals surface area contributed by atoms with Crippen molar-refractivity contribution in [2.45, 2.75) is 12.8 Å². The van der Waals surface area contributed by atoms with Crippen LogP contribution in [-0.2, 0) is 12.8 Å². The van der Waals surface area contributed by atoms with Crippen LogP contribution in [0.15, 0.2) is 66.9 Å². The van der Waals surface area contributed by atoms with E-state index in [9.17, 15) is 0 Å². The van der Waals surface area contributed by atoms with E-state index in [4.69, 9.17) is 5.73 Å². The van der Waals surface area contributed by atoms with Crippen LogP contribution in [0.1, 0.15) is 11.1 Å². The zero-order valence-corrected chi connectivity index (χ0v) is 17.5. The molecule has 3 aromatic carbocycles. The number of hydrogen-bond donors (Lipinski definition) is 2. The molecule has 1 aliphatic rings. The fraction of sp³-hybridized carbons (Fsp3) is 0.308. The summed E-state index contributed by atoms with van der Waals surface area (Å²) in [5, 5.41) is 4.02. The standard InChI is InChI=1S/C26H30N4/c27-12-10-22-19-28-25-9-8-20(18-24(22)25)11-13-29-14-16-30(17-15-29)26-7-3-5-21-4-1-2-6-23(21)26/h1-9,18-19,28H,10-17,27H2. The van der Waals surface area contributed by atoms with Gasteiger partial charge in [-0.2, -0.15) is 0 Å². The Morgan fingerprint density at radius 3 is 2.53 bits per heavy atom. The second-order valence-electron chi connectivity index (χ2n) is 8.31. The van der Waals surface area contributed by atoms with Crippen molar-refractivity contribution in [2.75, 3.05) is 44.2 Å². The Morgan fingerprint density at radius 1 is 0.833 bits per heavy atom. The number of hydrogen-bond acceptors (Lipinski definition) is 3. The molecule has 1 saturated heterocycles. The highest BCUT2D eigenvalue weighted by atomic mass is 15.3. The van der Waals surface area contributed by atoms with Gasteiger partial charge in [0.05, 0.1) is 0 Å². The number of benzene rings is 3. The summed E-state index contributed by atoms with van der Waals surface area (Å²) in [6.07, 6.45) is 4.13. The number of aromatic nitrogens is 1. The predicted octanol–water partition coefficient (Wildman–Crippen LogP) is 4.19. The summed E-state index contributed by atoms with van der Waals surface area (Å²) in [7, 11) is 0. The molecule has 0 unspecified atom stereocenters. The van der Waals surface area contributed by atoms with Crippen LogP contribution in [0.2, 0.25) is 0 Å². The molecule has 3 N–H and O–H groups in total. The smallest absolute Gasteiger partial charge is 0.0456 e. The highest BCUT2D eigenvalue weighted by Gasteiger charge is 2.18.